The highest BCUT2D eigenvalue weighted by molar-refractivity contribution is 5.86. The Hall–Kier alpha value is -1.63. The predicted octanol–water partition coefficient (Wildman–Crippen LogP) is -0.216. The summed E-state index contributed by atoms with van der Waals surface area (Å²) in [4.78, 5) is 11.7. The first-order chi connectivity index (χ1) is 8.50. The Balaban J connectivity index is 2.35. The van der Waals surface area contributed by atoms with Crippen LogP contribution in [0.25, 0.3) is 0 Å². The van der Waals surface area contributed by atoms with E-state index in [-0.39, 0.29) is 0 Å². The van der Waals surface area contributed by atoms with Crippen LogP contribution in [0.2, 0.25) is 0 Å². The largest absolute Gasteiger partial charge is 0.497 e. The average Bonchev–Trinajstić information content (AvgIpc) is 2.61. The summed E-state index contributed by atoms with van der Waals surface area (Å²) >= 11 is 0. The van der Waals surface area contributed by atoms with Crippen LogP contribution in [0.3, 0.4) is 0 Å². The lowest BCUT2D eigenvalue weighted by molar-refractivity contribution is -0.186. The first kappa shape index (κ1) is 12.8. The summed E-state index contributed by atoms with van der Waals surface area (Å²) in [5, 5.41) is 21.0. The number of benzene rings is 1. The van der Waals surface area contributed by atoms with Gasteiger partial charge in [0.05, 0.1) is 7.11 Å². The summed E-state index contributed by atoms with van der Waals surface area (Å²) in [7, 11) is 1.52. The maximum Gasteiger partial charge on any atom is 0.298 e. The van der Waals surface area contributed by atoms with Gasteiger partial charge in [-0.15, -0.1) is 0 Å². The van der Waals surface area contributed by atoms with Gasteiger partial charge in [-0.2, -0.15) is 0 Å². The molecule has 0 radical (unpaired) electrons. The molecule has 1 saturated heterocycles. The Morgan fingerprint density at radius 2 is 2.22 bits per heavy atom. The number of likely N-dealkylation sites (N-methyl/N-ethyl adjacent to an activating group) is 1. The Bertz CT molecular complexity index is 461. The van der Waals surface area contributed by atoms with Crippen LogP contribution in [0.1, 0.15) is 18.5 Å². The van der Waals surface area contributed by atoms with E-state index in [2.05, 4.69) is 5.43 Å². The number of hydrogen-bond acceptors (Lipinski definition) is 5. The number of carbonyl (C=O) groups is 1. The van der Waals surface area contributed by atoms with Crippen LogP contribution in [-0.4, -0.2) is 40.6 Å². The fourth-order valence-corrected chi connectivity index (χ4v) is 1.99. The molecule has 0 spiro atoms. The van der Waals surface area contributed by atoms with Crippen molar-refractivity contribution in [1.82, 2.24) is 10.4 Å². The van der Waals surface area contributed by atoms with Crippen LogP contribution in [-0.2, 0) is 4.79 Å². The van der Waals surface area contributed by atoms with Crippen molar-refractivity contribution in [3.05, 3.63) is 29.8 Å². The molecule has 98 valence electrons. The van der Waals surface area contributed by atoms with E-state index in [0.29, 0.717) is 17.9 Å². The van der Waals surface area contributed by atoms with E-state index in [1.165, 1.54) is 12.1 Å². The van der Waals surface area contributed by atoms with Gasteiger partial charge >= 0.3 is 0 Å². The van der Waals surface area contributed by atoms with E-state index >= 15 is 0 Å². The van der Waals surface area contributed by atoms with Gasteiger partial charge in [0, 0.05) is 6.54 Å². The zero-order valence-corrected chi connectivity index (χ0v) is 10.3. The molecule has 3 N–H and O–H groups in total. The number of hydrogen-bond donors (Lipinski definition) is 3. The molecule has 0 bridgehead atoms. The molecule has 18 heavy (non-hydrogen) atoms. The summed E-state index contributed by atoms with van der Waals surface area (Å²) < 4.78 is 5.07. The zero-order chi connectivity index (χ0) is 13.3. The van der Waals surface area contributed by atoms with Gasteiger partial charge in [0.25, 0.3) is 11.7 Å². The molecular weight excluding hydrogens is 236 g/mol. The molecule has 1 heterocycles. The molecule has 0 aliphatic carbocycles. The Kier molecular flexibility index (Phi) is 3.25. The molecule has 1 atom stereocenters. The smallest absolute Gasteiger partial charge is 0.298 e. The predicted molar refractivity (Wildman–Crippen MR) is 63.4 cm³/mol. The number of ether oxygens (including phenoxy) is 1. The molecule has 1 fully saturated rings. The Morgan fingerprint density at radius 3 is 2.78 bits per heavy atom. The molecule has 0 aromatic heterocycles. The maximum atomic E-state index is 11.7. The zero-order valence-electron chi connectivity index (χ0n) is 10.3. The number of hydrazine groups is 1. The minimum Gasteiger partial charge on any atom is -0.497 e. The lowest BCUT2D eigenvalue weighted by Crippen LogP contribution is -2.42. The Morgan fingerprint density at radius 1 is 1.50 bits per heavy atom. The second-order valence-corrected chi connectivity index (χ2v) is 4.11. The van der Waals surface area contributed by atoms with E-state index in [9.17, 15) is 15.0 Å². The summed E-state index contributed by atoms with van der Waals surface area (Å²) in [6.45, 7) is 2.09. The monoisotopic (exact) mass is 252 g/mol. The molecule has 0 saturated carbocycles. The standard InChI is InChI=1S/C12H16N2O4/c1-3-14-11(15)12(16,17)10(13-14)8-5-4-6-9(7-8)18-2/h4-7,10,13,16-17H,3H2,1-2H3. The van der Waals surface area contributed by atoms with Gasteiger partial charge in [-0.05, 0) is 24.6 Å². The van der Waals surface area contributed by atoms with Crippen molar-refractivity contribution in [2.24, 2.45) is 0 Å². The van der Waals surface area contributed by atoms with E-state index in [1.54, 1.807) is 31.2 Å². The number of carbonyl (C=O) groups excluding carboxylic acids is 1. The highest BCUT2D eigenvalue weighted by Crippen LogP contribution is 2.32. The third kappa shape index (κ3) is 1.94. The number of amides is 1. The van der Waals surface area contributed by atoms with Gasteiger partial charge in [0.2, 0.25) is 0 Å². The SMILES string of the molecule is CCN1NC(c2cccc(OC)c2)C(O)(O)C1=O. The van der Waals surface area contributed by atoms with Crippen molar-refractivity contribution in [3.63, 3.8) is 0 Å². The van der Waals surface area contributed by atoms with Crippen LogP contribution in [0.4, 0.5) is 0 Å². The Labute approximate surface area is 105 Å². The third-order valence-electron chi connectivity index (χ3n) is 2.99. The number of rotatable bonds is 3. The van der Waals surface area contributed by atoms with Gasteiger partial charge < -0.3 is 14.9 Å². The molecule has 6 heteroatoms. The molecule has 1 unspecified atom stereocenters. The number of aliphatic hydroxyl groups is 2. The first-order valence-corrected chi connectivity index (χ1v) is 5.67. The van der Waals surface area contributed by atoms with E-state index in [0.717, 1.165) is 0 Å². The van der Waals surface area contributed by atoms with Crippen LogP contribution in [0, 0.1) is 0 Å². The lowest BCUT2D eigenvalue weighted by Gasteiger charge is -2.20. The van der Waals surface area contributed by atoms with Gasteiger partial charge in [-0.1, -0.05) is 12.1 Å². The normalized spacial score (nSPS) is 22.3. The first-order valence-electron chi connectivity index (χ1n) is 5.67. The molecule has 1 amide bonds. The highest BCUT2D eigenvalue weighted by atomic mass is 16.5. The minimum atomic E-state index is -2.44. The summed E-state index contributed by atoms with van der Waals surface area (Å²) in [6, 6.07) is 5.93. The molecule has 1 aromatic carbocycles. The minimum absolute atomic E-state index is 0.349. The van der Waals surface area contributed by atoms with Gasteiger partial charge in [-0.25, -0.2) is 5.43 Å². The van der Waals surface area contributed by atoms with Crippen LogP contribution in [0.15, 0.2) is 24.3 Å². The molecular formula is C12H16N2O4. The highest BCUT2D eigenvalue weighted by Gasteiger charge is 2.52. The molecule has 1 aromatic rings. The van der Waals surface area contributed by atoms with Crippen molar-refractivity contribution in [2.75, 3.05) is 13.7 Å². The van der Waals surface area contributed by atoms with Crippen molar-refractivity contribution < 1.29 is 19.7 Å². The second kappa shape index (κ2) is 4.56. The number of nitrogens with one attached hydrogen (secondary N) is 1. The molecule has 6 nitrogen and oxygen atoms in total. The average molecular weight is 252 g/mol. The van der Waals surface area contributed by atoms with Crippen molar-refractivity contribution in [1.29, 1.82) is 0 Å². The number of nitrogens with zero attached hydrogens (tertiary/aromatic N) is 1. The van der Waals surface area contributed by atoms with Crippen LogP contribution >= 0.6 is 0 Å². The molecule has 2 rings (SSSR count). The van der Waals surface area contributed by atoms with Gasteiger partial charge in [0.15, 0.2) is 0 Å². The fourth-order valence-electron chi connectivity index (χ4n) is 1.99. The topological polar surface area (TPSA) is 82.0 Å². The van der Waals surface area contributed by atoms with Crippen molar-refractivity contribution in [2.45, 2.75) is 18.8 Å². The molecule has 1 aliphatic heterocycles. The fraction of sp³-hybridized carbons (Fsp3) is 0.417. The van der Waals surface area contributed by atoms with Crippen molar-refractivity contribution >= 4 is 5.91 Å². The molecule has 1 aliphatic rings. The van der Waals surface area contributed by atoms with Crippen LogP contribution < -0.4 is 10.2 Å². The summed E-state index contributed by atoms with van der Waals surface area (Å²) in [6.07, 6.45) is 0. The van der Waals surface area contributed by atoms with Gasteiger partial charge in [-0.3, -0.25) is 9.80 Å². The van der Waals surface area contributed by atoms with Gasteiger partial charge in [0.1, 0.15) is 11.8 Å². The quantitative estimate of drug-likeness (QED) is 0.648. The third-order valence-corrected chi connectivity index (χ3v) is 2.99. The van der Waals surface area contributed by atoms with E-state index < -0.39 is 17.7 Å². The summed E-state index contributed by atoms with van der Waals surface area (Å²) in [5.74, 6) is -2.60. The van der Waals surface area contributed by atoms with E-state index in [4.69, 9.17) is 4.74 Å². The lowest BCUT2D eigenvalue weighted by atomic mass is 10.00. The van der Waals surface area contributed by atoms with Crippen LogP contribution in [0.5, 0.6) is 5.75 Å². The summed E-state index contributed by atoms with van der Waals surface area (Å²) in [5.41, 5.74) is 3.35. The maximum absolute atomic E-state index is 11.7. The van der Waals surface area contributed by atoms with E-state index in [1.807, 2.05) is 0 Å². The number of methoxy groups -OCH3 is 1. The second-order valence-electron chi connectivity index (χ2n) is 4.11. The van der Waals surface area contributed by atoms with Crippen molar-refractivity contribution in [3.8, 4) is 5.75 Å².